The Morgan fingerprint density at radius 3 is 2.64 bits per heavy atom. The topological polar surface area (TPSA) is 72.9 Å². The number of rotatable bonds is 5. The molecule has 1 aromatic rings. The molecule has 1 aromatic carbocycles. The molecule has 0 radical (unpaired) electrons. The predicted molar refractivity (Wildman–Crippen MR) is 107 cm³/mol. The molecule has 2 atom stereocenters. The van der Waals surface area contributed by atoms with E-state index < -0.39 is 6.10 Å². The summed E-state index contributed by atoms with van der Waals surface area (Å²) in [6, 6.07) is 10.2. The van der Waals surface area contributed by atoms with E-state index in [9.17, 15) is 14.7 Å². The average Bonchev–Trinajstić information content (AvgIpc) is 3.26. The number of aliphatic hydroxyl groups excluding tert-OH is 1. The number of nitrogens with zero attached hydrogens (tertiary/aromatic N) is 2. The fourth-order valence-corrected chi connectivity index (χ4v) is 4.97. The average molecular weight is 386 g/mol. The number of nitrogens with one attached hydrogen (secondary N) is 1. The fraction of sp³-hybridized carbons (Fsp3) is 0.636. The van der Waals surface area contributed by atoms with Crippen LogP contribution < -0.4 is 5.32 Å². The second kappa shape index (κ2) is 8.21. The Morgan fingerprint density at radius 1 is 1.21 bits per heavy atom. The maximum absolute atomic E-state index is 12.6. The molecule has 6 heteroatoms. The van der Waals surface area contributed by atoms with Gasteiger partial charge in [0, 0.05) is 44.6 Å². The zero-order chi connectivity index (χ0) is 19.6. The third-order valence-electron chi connectivity index (χ3n) is 6.68. The summed E-state index contributed by atoms with van der Waals surface area (Å²) in [6.45, 7) is 3.60. The molecule has 2 N–H and O–H groups in total. The maximum atomic E-state index is 12.6. The predicted octanol–water partition coefficient (Wildman–Crippen LogP) is 1.18. The van der Waals surface area contributed by atoms with E-state index in [4.69, 9.17) is 0 Å². The Kier molecular flexibility index (Phi) is 5.69. The number of benzene rings is 1. The van der Waals surface area contributed by atoms with Gasteiger partial charge in [0.1, 0.15) is 0 Å². The molecule has 152 valence electrons. The molecule has 3 aliphatic heterocycles. The van der Waals surface area contributed by atoms with Gasteiger partial charge in [0.15, 0.2) is 0 Å². The molecule has 0 unspecified atom stereocenters. The fourth-order valence-electron chi connectivity index (χ4n) is 4.97. The first-order valence-corrected chi connectivity index (χ1v) is 10.6. The summed E-state index contributed by atoms with van der Waals surface area (Å²) in [6.07, 6.45) is 4.51. The highest BCUT2D eigenvalue weighted by atomic mass is 16.3. The van der Waals surface area contributed by atoms with Crippen LogP contribution >= 0.6 is 0 Å². The van der Waals surface area contributed by atoms with Gasteiger partial charge in [-0.15, -0.1) is 0 Å². The third-order valence-corrected chi connectivity index (χ3v) is 6.68. The summed E-state index contributed by atoms with van der Waals surface area (Å²) in [7, 11) is 0. The third kappa shape index (κ3) is 4.23. The van der Waals surface area contributed by atoms with Gasteiger partial charge in [0.2, 0.25) is 11.8 Å². The van der Waals surface area contributed by atoms with Gasteiger partial charge in [-0.3, -0.25) is 9.59 Å². The molecule has 2 amide bonds. The van der Waals surface area contributed by atoms with E-state index in [1.54, 1.807) is 0 Å². The van der Waals surface area contributed by atoms with E-state index in [0.29, 0.717) is 19.4 Å². The van der Waals surface area contributed by atoms with Crippen molar-refractivity contribution in [3.05, 3.63) is 35.9 Å². The Labute approximate surface area is 166 Å². The van der Waals surface area contributed by atoms with Gasteiger partial charge in [0.05, 0.1) is 12.1 Å². The van der Waals surface area contributed by atoms with Crippen molar-refractivity contribution < 1.29 is 14.7 Å². The van der Waals surface area contributed by atoms with Crippen LogP contribution in [0.1, 0.15) is 37.7 Å². The van der Waals surface area contributed by atoms with Crippen LogP contribution in [0, 0.1) is 5.41 Å². The zero-order valence-electron chi connectivity index (χ0n) is 16.5. The van der Waals surface area contributed by atoms with E-state index in [2.05, 4.69) is 29.6 Å². The smallest absolute Gasteiger partial charge is 0.239 e. The first-order valence-electron chi connectivity index (χ1n) is 10.6. The first kappa shape index (κ1) is 19.4. The molecule has 3 aliphatic rings. The highest BCUT2D eigenvalue weighted by molar-refractivity contribution is 5.83. The minimum Gasteiger partial charge on any atom is -0.392 e. The monoisotopic (exact) mass is 385 g/mol. The van der Waals surface area contributed by atoms with Crippen LogP contribution in [0.25, 0.3) is 0 Å². The number of hydrogen-bond donors (Lipinski definition) is 2. The lowest BCUT2D eigenvalue weighted by Crippen LogP contribution is -2.49. The number of carbonyl (C=O) groups is 2. The summed E-state index contributed by atoms with van der Waals surface area (Å²) in [5.74, 6) is 0.379. The summed E-state index contributed by atoms with van der Waals surface area (Å²) >= 11 is 0. The second-order valence-corrected chi connectivity index (χ2v) is 8.76. The molecule has 6 nitrogen and oxygen atoms in total. The first-order chi connectivity index (χ1) is 13.5. The Morgan fingerprint density at radius 2 is 1.96 bits per heavy atom. The van der Waals surface area contributed by atoms with Gasteiger partial charge in [-0.1, -0.05) is 30.3 Å². The lowest BCUT2D eigenvalue weighted by molar-refractivity contribution is -0.135. The molecule has 4 rings (SSSR count). The molecular formula is C22H31N3O3. The van der Waals surface area contributed by atoms with Gasteiger partial charge in [-0.2, -0.15) is 0 Å². The number of carbonyl (C=O) groups excluding carboxylic acids is 2. The molecule has 0 aromatic heterocycles. The van der Waals surface area contributed by atoms with E-state index in [1.807, 2.05) is 15.9 Å². The Balaban J connectivity index is 1.25. The van der Waals surface area contributed by atoms with Gasteiger partial charge < -0.3 is 20.2 Å². The SMILES string of the molecule is O=C1CC2(CCN(C(=O)[C@@H]3C[C@@H](O)CN3)CC2)CN1CCCc1ccccc1. The summed E-state index contributed by atoms with van der Waals surface area (Å²) in [5.41, 5.74) is 1.37. The Hall–Kier alpha value is -1.92. The normalized spacial score (nSPS) is 27.0. The van der Waals surface area contributed by atoms with Crippen LogP contribution in [0.2, 0.25) is 0 Å². The quantitative estimate of drug-likeness (QED) is 0.799. The van der Waals surface area contributed by atoms with Crippen molar-refractivity contribution in [2.75, 3.05) is 32.7 Å². The Bertz CT molecular complexity index is 700. The van der Waals surface area contributed by atoms with E-state index in [0.717, 1.165) is 51.9 Å². The molecule has 3 heterocycles. The van der Waals surface area contributed by atoms with Crippen LogP contribution in [-0.2, 0) is 16.0 Å². The second-order valence-electron chi connectivity index (χ2n) is 8.76. The minimum absolute atomic E-state index is 0.0449. The highest BCUT2D eigenvalue weighted by Crippen LogP contribution is 2.41. The minimum atomic E-state index is -0.415. The van der Waals surface area contributed by atoms with Crippen molar-refractivity contribution in [1.29, 1.82) is 0 Å². The maximum Gasteiger partial charge on any atom is 0.239 e. The number of aliphatic hydroxyl groups is 1. The zero-order valence-corrected chi connectivity index (χ0v) is 16.5. The molecule has 3 saturated heterocycles. The largest absolute Gasteiger partial charge is 0.392 e. The number of hydrogen-bond acceptors (Lipinski definition) is 4. The highest BCUT2D eigenvalue weighted by Gasteiger charge is 2.45. The van der Waals surface area contributed by atoms with Crippen LogP contribution in [-0.4, -0.2) is 71.6 Å². The molecule has 1 spiro atoms. The van der Waals surface area contributed by atoms with Gasteiger partial charge in [-0.25, -0.2) is 0 Å². The van der Waals surface area contributed by atoms with Crippen LogP contribution in [0.3, 0.4) is 0 Å². The van der Waals surface area contributed by atoms with Crippen LogP contribution in [0.5, 0.6) is 0 Å². The van der Waals surface area contributed by atoms with E-state index >= 15 is 0 Å². The van der Waals surface area contributed by atoms with Crippen molar-refractivity contribution in [1.82, 2.24) is 15.1 Å². The molecule has 0 bridgehead atoms. The summed E-state index contributed by atoms with van der Waals surface area (Å²) in [4.78, 5) is 29.1. The lowest BCUT2D eigenvalue weighted by Gasteiger charge is -2.39. The number of likely N-dealkylation sites (tertiary alicyclic amines) is 2. The van der Waals surface area contributed by atoms with Crippen molar-refractivity contribution >= 4 is 11.8 Å². The van der Waals surface area contributed by atoms with Crippen LogP contribution in [0.4, 0.5) is 0 Å². The van der Waals surface area contributed by atoms with E-state index in [1.165, 1.54) is 5.56 Å². The van der Waals surface area contributed by atoms with E-state index in [-0.39, 0.29) is 23.3 Å². The number of aryl methyl sites for hydroxylation is 1. The van der Waals surface area contributed by atoms with Gasteiger partial charge in [0.25, 0.3) is 0 Å². The van der Waals surface area contributed by atoms with Gasteiger partial charge >= 0.3 is 0 Å². The number of β-amino-alcohol motifs (C(OH)–C–C–N with tert-alkyl or cyclic N) is 1. The van der Waals surface area contributed by atoms with Gasteiger partial charge in [-0.05, 0) is 37.7 Å². The molecule has 28 heavy (non-hydrogen) atoms. The molecule has 0 saturated carbocycles. The van der Waals surface area contributed by atoms with Crippen molar-refractivity contribution in [2.45, 2.75) is 50.7 Å². The van der Waals surface area contributed by atoms with Crippen molar-refractivity contribution in [3.8, 4) is 0 Å². The molecule has 3 fully saturated rings. The van der Waals surface area contributed by atoms with Crippen molar-refractivity contribution in [2.24, 2.45) is 5.41 Å². The molecular weight excluding hydrogens is 354 g/mol. The van der Waals surface area contributed by atoms with Crippen molar-refractivity contribution in [3.63, 3.8) is 0 Å². The summed E-state index contributed by atoms with van der Waals surface area (Å²) < 4.78 is 0. The summed E-state index contributed by atoms with van der Waals surface area (Å²) in [5, 5.41) is 12.8. The van der Waals surface area contributed by atoms with Crippen LogP contribution in [0.15, 0.2) is 30.3 Å². The lowest BCUT2D eigenvalue weighted by atomic mass is 9.77. The number of amides is 2. The molecule has 0 aliphatic carbocycles. The number of piperidine rings is 1. The standard InChI is InChI=1S/C22H31N3O3/c26-18-13-19(23-15-18)21(28)24-11-8-22(9-12-24)14-20(27)25(16-22)10-4-7-17-5-2-1-3-6-17/h1-3,5-6,18-19,23,26H,4,7-16H2/t18-,19+/m1/s1.